The number of carbonyl (C=O) groups is 1. The molecule has 0 aliphatic carbocycles. The molecule has 0 saturated heterocycles. The third kappa shape index (κ3) is 21.9. The monoisotopic (exact) mass is 407 g/mol. The van der Waals surface area contributed by atoms with Crippen LogP contribution in [0.2, 0.25) is 0 Å². The van der Waals surface area contributed by atoms with E-state index in [9.17, 15) is 4.79 Å². The number of hydrogen-bond acceptors (Lipinski definition) is 3. The maximum absolute atomic E-state index is 11.3. The van der Waals surface area contributed by atoms with E-state index in [0.717, 1.165) is 6.42 Å². The van der Waals surface area contributed by atoms with Crippen molar-refractivity contribution in [1.29, 1.82) is 0 Å². The van der Waals surface area contributed by atoms with Crippen molar-refractivity contribution < 1.29 is 9.53 Å². The molecule has 146 valence electrons. The smallest absolute Gasteiger partial charge is 0.320 e. The molecule has 0 fully saturated rings. The number of hydrogen-bond donors (Lipinski definition) is 0. The van der Waals surface area contributed by atoms with E-state index in [2.05, 4.69) is 6.92 Å². The SMILES string of the molecule is Br.CCCCCCCCCCCCCCCCOC(=O)CN(C)C. The Labute approximate surface area is 161 Å². The number of unbranched alkanes of at least 4 members (excludes halogenated alkanes) is 13. The predicted molar refractivity (Wildman–Crippen MR) is 110 cm³/mol. The van der Waals surface area contributed by atoms with Crippen LogP contribution in [0.15, 0.2) is 0 Å². The Morgan fingerprint density at radius 3 is 1.46 bits per heavy atom. The van der Waals surface area contributed by atoms with Crippen molar-refractivity contribution in [2.75, 3.05) is 27.2 Å². The summed E-state index contributed by atoms with van der Waals surface area (Å²) in [6, 6.07) is 0. The Morgan fingerprint density at radius 1 is 0.708 bits per heavy atom. The second-order valence-electron chi connectivity index (χ2n) is 7.05. The minimum absolute atomic E-state index is 0. The molecular weight excluding hydrogens is 366 g/mol. The van der Waals surface area contributed by atoms with Crippen LogP contribution in [0.4, 0.5) is 0 Å². The summed E-state index contributed by atoms with van der Waals surface area (Å²) in [5.41, 5.74) is 0. The van der Waals surface area contributed by atoms with E-state index in [1.54, 1.807) is 0 Å². The minimum atomic E-state index is -0.107. The fourth-order valence-electron chi connectivity index (χ4n) is 2.79. The summed E-state index contributed by atoms with van der Waals surface area (Å²) in [5, 5.41) is 0. The quantitative estimate of drug-likeness (QED) is 0.214. The zero-order valence-electron chi connectivity index (χ0n) is 16.5. The first-order valence-corrected chi connectivity index (χ1v) is 9.97. The lowest BCUT2D eigenvalue weighted by Gasteiger charge is -2.09. The van der Waals surface area contributed by atoms with Gasteiger partial charge < -0.3 is 4.74 Å². The minimum Gasteiger partial charge on any atom is -0.465 e. The van der Waals surface area contributed by atoms with E-state index in [1.165, 1.54) is 83.5 Å². The van der Waals surface area contributed by atoms with E-state index in [1.807, 2.05) is 19.0 Å². The molecule has 0 aliphatic rings. The van der Waals surface area contributed by atoms with Gasteiger partial charge in [0.1, 0.15) is 0 Å². The summed E-state index contributed by atoms with van der Waals surface area (Å²) in [5.74, 6) is -0.107. The normalized spacial score (nSPS) is 10.7. The standard InChI is InChI=1S/C20H41NO2.BrH/c1-4-5-6-7-8-9-10-11-12-13-14-15-16-17-18-23-20(22)19-21(2)3;/h4-19H2,1-3H3;1H. The molecular formula is C20H42BrNO2. The van der Waals surface area contributed by atoms with Gasteiger partial charge in [-0.25, -0.2) is 0 Å². The zero-order chi connectivity index (χ0) is 17.2. The second-order valence-corrected chi connectivity index (χ2v) is 7.05. The third-order valence-corrected chi connectivity index (χ3v) is 4.21. The number of ether oxygens (including phenoxy) is 1. The van der Waals surface area contributed by atoms with Crippen LogP contribution < -0.4 is 0 Å². The van der Waals surface area contributed by atoms with Gasteiger partial charge in [0.2, 0.25) is 0 Å². The average Bonchev–Trinajstić information content (AvgIpc) is 2.50. The van der Waals surface area contributed by atoms with Gasteiger partial charge in [0, 0.05) is 0 Å². The summed E-state index contributed by atoms with van der Waals surface area (Å²) in [6.07, 6.45) is 18.9. The molecule has 0 aliphatic heterocycles. The van der Waals surface area contributed by atoms with Gasteiger partial charge >= 0.3 is 5.97 Å². The molecule has 0 spiro atoms. The van der Waals surface area contributed by atoms with Gasteiger partial charge in [-0.2, -0.15) is 0 Å². The Kier molecular flexibility index (Phi) is 22.8. The number of rotatable bonds is 17. The van der Waals surface area contributed by atoms with Gasteiger partial charge in [-0.3, -0.25) is 9.69 Å². The summed E-state index contributed by atoms with van der Waals surface area (Å²) in [4.78, 5) is 13.2. The van der Waals surface area contributed by atoms with Crippen LogP contribution in [-0.2, 0) is 9.53 Å². The lowest BCUT2D eigenvalue weighted by molar-refractivity contribution is -0.144. The highest BCUT2D eigenvalue weighted by molar-refractivity contribution is 8.93. The van der Waals surface area contributed by atoms with Crippen molar-refractivity contribution in [1.82, 2.24) is 4.90 Å². The molecule has 0 unspecified atom stereocenters. The zero-order valence-corrected chi connectivity index (χ0v) is 18.2. The molecule has 0 N–H and O–H groups in total. The van der Waals surface area contributed by atoms with E-state index in [4.69, 9.17) is 4.74 Å². The molecule has 0 aromatic carbocycles. The number of esters is 1. The topological polar surface area (TPSA) is 29.5 Å². The third-order valence-electron chi connectivity index (χ3n) is 4.21. The number of carbonyl (C=O) groups excluding carboxylic acids is 1. The maximum Gasteiger partial charge on any atom is 0.320 e. The Bertz CT molecular complexity index is 260. The van der Waals surface area contributed by atoms with Gasteiger partial charge in [0.25, 0.3) is 0 Å². The average molecular weight is 408 g/mol. The first-order chi connectivity index (χ1) is 11.2. The summed E-state index contributed by atoms with van der Waals surface area (Å²) in [6.45, 7) is 3.25. The molecule has 0 atom stereocenters. The van der Waals surface area contributed by atoms with Gasteiger partial charge in [0.15, 0.2) is 0 Å². The Hall–Kier alpha value is -0.0900. The van der Waals surface area contributed by atoms with Crippen molar-refractivity contribution in [2.45, 2.75) is 96.8 Å². The van der Waals surface area contributed by atoms with Crippen LogP contribution in [0.3, 0.4) is 0 Å². The highest BCUT2D eigenvalue weighted by Gasteiger charge is 2.03. The molecule has 0 heterocycles. The van der Waals surface area contributed by atoms with Crippen LogP contribution in [-0.4, -0.2) is 38.1 Å². The molecule has 0 aromatic heterocycles. The molecule has 0 rings (SSSR count). The lowest BCUT2D eigenvalue weighted by atomic mass is 10.0. The van der Waals surface area contributed by atoms with Gasteiger partial charge in [-0.1, -0.05) is 90.4 Å². The van der Waals surface area contributed by atoms with E-state index < -0.39 is 0 Å². The van der Waals surface area contributed by atoms with Crippen LogP contribution >= 0.6 is 17.0 Å². The van der Waals surface area contributed by atoms with E-state index >= 15 is 0 Å². The van der Waals surface area contributed by atoms with Crippen molar-refractivity contribution in [3.05, 3.63) is 0 Å². The van der Waals surface area contributed by atoms with Crippen LogP contribution in [0.5, 0.6) is 0 Å². The highest BCUT2D eigenvalue weighted by Crippen LogP contribution is 2.12. The summed E-state index contributed by atoms with van der Waals surface area (Å²) in [7, 11) is 3.77. The molecule has 0 radical (unpaired) electrons. The molecule has 0 bridgehead atoms. The van der Waals surface area contributed by atoms with Gasteiger partial charge in [-0.15, -0.1) is 17.0 Å². The number of halogens is 1. The molecule has 3 nitrogen and oxygen atoms in total. The van der Waals surface area contributed by atoms with Crippen molar-refractivity contribution in [3.63, 3.8) is 0 Å². The predicted octanol–water partition coefficient (Wildman–Crippen LogP) is 6.15. The van der Waals surface area contributed by atoms with Crippen molar-refractivity contribution >= 4 is 23.0 Å². The fraction of sp³-hybridized carbons (Fsp3) is 0.950. The maximum atomic E-state index is 11.3. The highest BCUT2D eigenvalue weighted by atomic mass is 79.9. The largest absolute Gasteiger partial charge is 0.465 e. The van der Waals surface area contributed by atoms with Gasteiger partial charge in [-0.05, 0) is 20.5 Å². The summed E-state index contributed by atoms with van der Waals surface area (Å²) < 4.78 is 5.18. The Balaban J connectivity index is 0. The number of nitrogens with zero attached hydrogens (tertiary/aromatic N) is 1. The van der Waals surface area contributed by atoms with E-state index in [-0.39, 0.29) is 23.0 Å². The van der Waals surface area contributed by atoms with Crippen molar-refractivity contribution in [2.24, 2.45) is 0 Å². The Morgan fingerprint density at radius 2 is 1.08 bits per heavy atom. The second kappa shape index (κ2) is 21.0. The number of likely N-dealkylation sites (N-methyl/N-ethyl adjacent to an activating group) is 1. The van der Waals surface area contributed by atoms with Crippen molar-refractivity contribution in [3.8, 4) is 0 Å². The van der Waals surface area contributed by atoms with E-state index in [0.29, 0.717) is 13.2 Å². The van der Waals surface area contributed by atoms with Crippen LogP contribution in [0, 0.1) is 0 Å². The summed E-state index contributed by atoms with van der Waals surface area (Å²) >= 11 is 0. The van der Waals surface area contributed by atoms with Crippen LogP contribution in [0.25, 0.3) is 0 Å². The lowest BCUT2D eigenvalue weighted by Crippen LogP contribution is -2.23. The van der Waals surface area contributed by atoms with Gasteiger partial charge in [0.05, 0.1) is 13.2 Å². The van der Waals surface area contributed by atoms with Crippen LogP contribution in [0.1, 0.15) is 96.8 Å². The molecule has 24 heavy (non-hydrogen) atoms. The first kappa shape index (κ1) is 26.1. The first-order valence-electron chi connectivity index (χ1n) is 9.97. The fourth-order valence-corrected chi connectivity index (χ4v) is 2.79. The molecule has 0 amide bonds. The molecule has 0 aromatic rings. The molecule has 0 saturated carbocycles. The molecule has 4 heteroatoms.